The standard InChI is InChI=1S/C31H36O3/c1-5-31(16-10-11-17-31)34-29(32)21-33-30-23(3)18-25(19-24(30)4)20-26-13-7-9-15-28(26)27-14-8-6-12-22(27)2/h6-9,12-15,18-19H,5,10-11,16-17,20-21H2,1-4H3. The van der Waals surface area contributed by atoms with Crippen LogP contribution in [0.2, 0.25) is 0 Å². The van der Waals surface area contributed by atoms with Crippen LogP contribution in [-0.2, 0) is 16.0 Å². The molecule has 3 aromatic rings. The number of hydrogen-bond donors (Lipinski definition) is 0. The van der Waals surface area contributed by atoms with Gasteiger partial charge in [-0.2, -0.15) is 0 Å². The van der Waals surface area contributed by atoms with E-state index in [0.29, 0.717) is 0 Å². The fraction of sp³-hybridized carbons (Fsp3) is 0.387. The van der Waals surface area contributed by atoms with E-state index in [-0.39, 0.29) is 18.2 Å². The van der Waals surface area contributed by atoms with Crippen LogP contribution in [-0.4, -0.2) is 18.2 Å². The quantitative estimate of drug-likeness (QED) is 0.329. The molecule has 0 bridgehead atoms. The van der Waals surface area contributed by atoms with E-state index in [1.807, 2.05) is 0 Å². The topological polar surface area (TPSA) is 35.5 Å². The molecule has 3 aromatic carbocycles. The Labute approximate surface area is 204 Å². The van der Waals surface area contributed by atoms with Gasteiger partial charge in [0.05, 0.1) is 0 Å². The van der Waals surface area contributed by atoms with Crippen LogP contribution in [0, 0.1) is 20.8 Å². The van der Waals surface area contributed by atoms with E-state index in [4.69, 9.17) is 9.47 Å². The van der Waals surface area contributed by atoms with Crippen LogP contribution in [0.5, 0.6) is 5.75 Å². The first-order valence-corrected chi connectivity index (χ1v) is 12.5. The molecule has 0 N–H and O–H groups in total. The van der Waals surface area contributed by atoms with Crippen LogP contribution in [0.4, 0.5) is 0 Å². The highest BCUT2D eigenvalue weighted by Crippen LogP contribution is 2.36. The summed E-state index contributed by atoms with van der Waals surface area (Å²) in [7, 11) is 0. The smallest absolute Gasteiger partial charge is 0.344 e. The summed E-state index contributed by atoms with van der Waals surface area (Å²) in [5.41, 5.74) is 8.17. The molecule has 1 aliphatic rings. The van der Waals surface area contributed by atoms with Gasteiger partial charge in [0.25, 0.3) is 0 Å². The Kier molecular flexibility index (Phi) is 7.41. The summed E-state index contributed by atoms with van der Waals surface area (Å²) < 4.78 is 11.8. The Morgan fingerprint density at radius 3 is 2.12 bits per heavy atom. The number of benzene rings is 3. The van der Waals surface area contributed by atoms with Crippen molar-refractivity contribution in [1.29, 1.82) is 0 Å². The molecule has 0 spiro atoms. The van der Waals surface area contributed by atoms with Crippen molar-refractivity contribution in [2.45, 2.75) is 71.8 Å². The highest BCUT2D eigenvalue weighted by Gasteiger charge is 2.35. The molecule has 3 nitrogen and oxygen atoms in total. The zero-order valence-electron chi connectivity index (χ0n) is 20.9. The van der Waals surface area contributed by atoms with E-state index < -0.39 is 0 Å². The van der Waals surface area contributed by atoms with Gasteiger partial charge in [0.2, 0.25) is 0 Å². The number of ether oxygens (including phenoxy) is 2. The van der Waals surface area contributed by atoms with E-state index in [2.05, 4.69) is 88.4 Å². The van der Waals surface area contributed by atoms with Crippen molar-refractivity contribution in [3.05, 3.63) is 88.5 Å². The molecule has 1 aliphatic carbocycles. The Morgan fingerprint density at radius 1 is 0.853 bits per heavy atom. The van der Waals surface area contributed by atoms with Crippen molar-refractivity contribution in [3.8, 4) is 16.9 Å². The summed E-state index contributed by atoms with van der Waals surface area (Å²) in [5, 5.41) is 0. The Bertz CT molecular complexity index is 1130. The molecule has 1 saturated carbocycles. The first-order chi connectivity index (χ1) is 16.4. The average Bonchev–Trinajstić information content (AvgIpc) is 3.28. The number of esters is 1. The molecule has 0 aromatic heterocycles. The summed E-state index contributed by atoms with van der Waals surface area (Å²) in [5.74, 6) is 0.517. The highest BCUT2D eigenvalue weighted by atomic mass is 16.6. The number of rotatable bonds is 8. The zero-order valence-corrected chi connectivity index (χ0v) is 20.9. The SMILES string of the molecule is CCC1(OC(=O)COc2c(C)cc(Cc3ccccc3-c3ccccc3C)cc2C)CCCC1. The maximum absolute atomic E-state index is 12.5. The van der Waals surface area contributed by atoms with Crippen molar-refractivity contribution in [2.24, 2.45) is 0 Å². The van der Waals surface area contributed by atoms with Gasteiger partial charge >= 0.3 is 5.97 Å². The van der Waals surface area contributed by atoms with E-state index in [0.717, 1.165) is 55.4 Å². The fourth-order valence-corrected chi connectivity index (χ4v) is 5.35. The molecule has 4 rings (SSSR count). The average molecular weight is 457 g/mol. The molecule has 0 saturated heterocycles. The van der Waals surface area contributed by atoms with Crippen LogP contribution in [0.15, 0.2) is 60.7 Å². The van der Waals surface area contributed by atoms with Crippen LogP contribution in [0.1, 0.15) is 66.8 Å². The second-order valence-electron chi connectivity index (χ2n) is 9.71. The lowest BCUT2D eigenvalue weighted by molar-refractivity contribution is -0.162. The summed E-state index contributed by atoms with van der Waals surface area (Å²) >= 11 is 0. The predicted molar refractivity (Wildman–Crippen MR) is 138 cm³/mol. The molecular formula is C31H36O3. The number of aryl methyl sites for hydroxylation is 3. The minimum atomic E-state index is -0.279. The first kappa shape index (κ1) is 24.1. The van der Waals surface area contributed by atoms with Gasteiger partial charge in [0.15, 0.2) is 6.61 Å². The van der Waals surface area contributed by atoms with E-state index in [9.17, 15) is 4.79 Å². The monoisotopic (exact) mass is 456 g/mol. The summed E-state index contributed by atoms with van der Waals surface area (Å²) in [6, 6.07) is 21.5. The van der Waals surface area contributed by atoms with Crippen molar-refractivity contribution in [2.75, 3.05) is 6.61 Å². The van der Waals surface area contributed by atoms with Crippen LogP contribution >= 0.6 is 0 Å². The second-order valence-corrected chi connectivity index (χ2v) is 9.71. The third kappa shape index (κ3) is 5.35. The molecular weight excluding hydrogens is 420 g/mol. The molecule has 0 unspecified atom stereocenters. The van der Waals surface area contributed by atoms with Gasteiger partial charge in [-0.05, 0) is 98.2 Å². The normalized spacial score (nSPS) is 14.7. The summed E-state index contributed by atoms with van der Waals surface area (Å²) in [6.45, 7) is 8.32. The second kappa shape index (κ2) is 10.5. The van der Waals surface area contributed by atoms with Crippen molar-refractivity contribution in [3.63, 3.8) is 0 Å². The third-order valence-corrected chi connectivity index (χ3v) is 7.19. The Hall–Kier alpha value is -3.07. The molecule has 0 radical (unpaired) electrons. The zero-order chi connectivity index (χ0) is 24.1. The lowest BCUT2D eigenvalue weighted by Gasteiger charge is -2.27. The van der Waals surface area contributed by atoms with Gasteiger partial charge in [-0.1, -0.05) is 67.6 Å². The van der Waals surface area contributed by atoms with Gasteiger partial charge in [-0.15, -0.1) is 0 Å². The fourth-order valence-electron chi connectivity index (χ4n) is 5.35. The van der Waals surface area contributed by atoms with Gasteiger partial charge in [0, 0.05) is 0 Å². The molecule has 178 valence electrons. The minimum absolute atomic E-state index is 0.0428. The molecule has 3 heteroatoms. The van der Waals surface area contributed by atoms with Gasteiger partial charge in [-0.25, -0.2) is 4.79 Å². The molecule has 1 fully saturated rings. The van der Waals surface area contributed by atoms with Crippen molar-refractivity contribution >= 4 is 5.97 Å². The molecule has 0 heterocycles. The number of hydrogen-bond acceptors (Lipinski definition) is 3. The van der Waals surface area contributed by atoms with Crippen LogP contribution in [0.3, 0.4) is 0 Å². The first-order valence-electron chi connectivity index (χ1n) is 12.5. The van der Waals surface area contributed by atoms with Crippen LogP contribution < -0.4 is 4.74 Å². The predicted octanol–water partition coefficient (Wildman–Crippen LogP) is 7.51. The van der Waals surface area contributed by atoms with Crippen LogP contribution in [0.25, 0.3) is 11.1 Å². The maximum atomic E-state index is 12.5. The summed E-state index contributed by atoms with van der Waals surface area (Å²) in [6.07, 6.45) is 5.91. The van der Waals surface area contributed by atoms with Crippen molar-refractivity contribution < 1.29 is 14.3 Å². The number of carbonyl (C=O) groups excluding carboxylic acids is 1. The van der Waals surface area contributed by atoms with E-state index in [1.165, 1.54) is 27.8 Å². The van der Waals surface area contributed by atoms with E-state index in [1.54, 1.807) is 0 Å². The van der Waals surface area contributed by atoms with Crippen molar-refractivity contribution in [1.82, 2.24) is 0 Å². The molecule has 0 atom stereocenters. The number of carbonyl (C=O) groups is 1. The molecule has 0 aliphatic heterocycles. The molecule has 0 amide bonds. The third-order valence-electron chi connectivity index (χ3n) is 7.19. The maximum Gasteiger partial charge on any atom is 0.344 e. The van der Waals surface area contributed by atoms with E-state index >= 15 is 0 Å². The van der Waals surface area contributed by atoms with Gasteiger partial charge in [0.1, 0.15) is 11.4 Å². The highest BCUT2D eigenvalue weighted by molar-refractivity contribution is 5.72. The molecule has 34 heavy (non-hydrogen) atoms. The van der Waals surface area contributed by atoms with Gasteiger partial charge in [-0.3, -0.25) is 0 Å². The lowest BCUT2D eigenvalue weighted by atomic mass is 9.91. The van der Waals surface area contributed by atoms with Gasteiger partial charge < -0.3 is 9.47 Å². The Balaban J connectivity index is 1.48. The Morgan fingerprint density at radius 2 is 1.47 bits per heavy atom. The minimum Gasteiger partial charge on any atom is -0.481 e. The lowest BCUT2D eigenvalue weighted by Crippen LogP contribution is -2.33. The summed E-state index contributed by atoms with van der Waals surface area (Å²) in [4.78, 5) is 12.5. The largest absolute Gasteiger partial charge is 0.481 e.